The molecule has 0 aromatic heterocycles. The Balaban J connectivity index is 2.60. The monoisotopic (exact) mass is 360 g/mol. The number of sulfone groups is 1. The highest BCUT2D eigenvalue weighted by Gasteiger charge is 2.27. The zero-order valence-electron chi connectivity index (χ0n) is 16.1. The lowest BCUT2D eigenvalue weighted by Gasteiger charge is -2.40. The molecule has 1 unspecified atom stereocenters. The highest BCUT2D eigenvalue weighted by Crippen LogP contribution is 2.20. The van der Waals surface area contributed by atoms with E-state index in [0.717, 1.165) is 32.1 Å². The van der Waals surface area contributed by atoms with Gasteiger partial charge in [-0.3, -0.25) is 9.89 Å². The third kappa shape index (κ3) is 8.33. The van der Waals surface area contributed by atoms with Crippen LogP contribution in [0, 0.1) is 0 Å². The summed E-state index contributed by atoms with van der Waals surface area (Å²) in [5.41, 5.74) is 0.0404. The molecular weight excluding hydrogens is 324 g/mol. The van der Waals surface area contributed by atoms with Crippen molar-refractivity contribution in [3.8, 4) is 0 Å². The molecule has 0 aromatic carbocycles. The number of aliphatic imine (C=N–C) groups is 1. The molecule has 0 spiro atoms. The zero-order chi connectivity index (χ0) is 18.2. The summed E-state index contributed by atoms with van der Waals surface area (Å²) in [6.07, 6.45) is 5.73. The van der Waals surface area contributed by atoms with Crippen LogP contribution in [0.3, 0.4) is 0 Å². The first-order valence-electron chi connectivity index (χ1n) is 9.11. The van der Waals surface area contributed by atoms with E-state index in [9.17, 15) is 8.42 Å². The third-order valence-electron chi connectivity index (χ3n) is 4.49. The molecule has 0 amide bonds. The van der Waals surface area contributed by atoms with E-state index in [1.54, 1.807) is 0 Å². The quantitative estimate of drug-likeness (QED) is 0.508. The highest BCUT2D eigenvalue weighted by atomic mass is 32.2. The largest absolute Gasteiger partial charge is 0.357 e. The van der Waals surface area contributed by atoms with Gasteiger partial charge in [-0.25, -0.2) is 8.42 Å². The lowest BCUT2D eigenvalue weighted by molar-refractivity contribution is 0.102. The summed E-state index contributed by atoms with van der Waals surface area (Å²) in [5, 5.41) is 6.58. The van der Waals surface area contributed by atoms with Crippen LogP contribution in [0.1, 0.15) is 53.4 Å². The van der Waals surface area contributed by atoms with E-state index in [-0.39, 0.29) is 17.3 Å². The molecule has 0 bridgehead atoms. The summed E-state index contributed by atoms with van der Waals surface area (Å²) < 4.78 is 22.6. The van der Waals surface area contributed by atoms with Crippen LogP contribution in [0.2, 0.25) is 0 Å². The van der Waals surface area contributed by atoms with Gasteiger partial charge in [0.2, 0.25) is 0 Å². The van der Waals surface area contributed by atoms with Crippen molar-refractivity contribution in [3.63, 3.8) is 0 Å². The van der Waals surface area contributed by atoms with Crippen LogP contribution in [0.4, 0.5) is 0 Å². The molecule has 1 heterocycles. The molecular formula is C17H36N4O2S. The summed E-state index contributed by atoms with van der Waals surface area (Å²) in [6.45, 7) is 12.3. The summed E-state index contributed by atoms with van der Waals surface area (Å²) in [4.78, 5) is 7.27. The van der Waals surface area contributed by atoms with Crippen LogP contribution in [0.25, 0.3) is 0 Å². The van der Waals surface area contributed by atoms with Gasteiger partial charge in [0.15, 0.2) is 5.96 Å². The lowest BCUT2D eigenvalue weighted by Crippen LogP contribution is -2.50. The predicted molar refractivity (Wildman–Crippen MR) is 102 cm³/mol. The summed E-state index contributed by atoms with van der Waals surface area (Å²) in [5.74, 6) is 0.961. The second kappa shape index (κ2) is 9.61. The second-order valence-corrected chi connectivity index (χ2v) is 9.78. The highest BCUT2D eigenvalue weighted by molar-refractivity contribution is 7.90. The van der Waals surface area contributed by atoms with E-state index >= 15 is 0 Å². The van der Waals surface area contributed by atoms with E-state index < -0.39 is 9.84 Å². The number of nitrogens with one attached hydrogen (secondary N) is 2. The van der Waals surface area contributed by atoms with Crippen molar-refractivity contribution >= 4 is 15.8 Å². The van der Waals surface area contributed by atoms with E-state index in [1.165, 1.54) is 25.5 Å². The molecule has 1 saturated heterocycles. The molecule has 24 heavy (non-hydrogen) atoms. The average molecular weight is 361 g/mol. The number of guanidine groups is 1. The molecule has 7 heteroatoms. The molecule has 6 nitrogen and oxygen atoms in total. The standard InChI is InChI=1S/C17H36N4O2S/c1-6-18-16(20-15(2)10-13-24(5,22)23)19-14-17(3,4)21-11-8-7-9-12-21/h15H,6-14H2,1-5H3,(H2,18,19,20). The lowest BCUT2D eigenvalue weighted by atomic mass is 9.99. The van der Waals surface area contributed by atoms with Gasteiger partial charge in [0.1, 0.15) is 9.84 Å². The minimum absolute atomic E-state index is 0.0404. The van der Waals surface area contributed by atoms with E-state index in [2.05, 4.69) is 29.4 Å². The van der Waals surface area contributed by atoms with Crippen LogP contribution in [0.15, 0.2) is 4.99 Å². The van der Waals surface area contributed by atoms with Gasteiger partial charge in [0, 0.05) is 24.4 Å². The second-order valence-electron chi connectivity index (χ2n) is 7.52. The van der Waals surface area contributed by atoms with Crippen LogP contribution in [-0.4, -0.2) is 69.0 Å². The van der Waals surface area contributed by atoms with Gasteiger partial charge in [-0.1, -0.05) is 6.42 Å². The van der Waals surface area contributed by atoms with Crippen molar-refractivity contribution in [3.05, 3.63) is 0 Å². The minimum Gasteiger partial charge on any atom is -0.357 e. The molecule has 2 N–H and O–H groups in total. The smallest absolute Gasteiger partial charge is 0.191 e. The maximum atomic E-state index is 11.3. The molecule has 0 aromatic rings. The number of likely N-dealkylation sites (tertiary alicyclic amines) is 1. The first-order chi connectivity index (χ1) is 11.1. The van der Waals surface area contributed by atoms with Crippen molar-refractivity contribution in [1.82, 2.24) is 15.5 Å². The van der Waals surface area contributed by atoms with Crippen molar-refractivity contribution in [1.29, 1.82) is 0 Å². The number of rotatable bonds is 8. The molecule has 0 aliphatic carbocycles. The molecule has 0 saturated carbocycles. The Hall–Kier alpha value is -0.820. The fourth-order valence-electron chi connectivity index (χ4n) is 2.89. The van der Waals surface area contributed by atoms with Crippen molar-refractivity contribution in [2.24, 2.45) is 4.99 Å². The zero-order valence-corrected chi connectivity index (χ0v) is 16.9. The molecule has 142 valence electrons. The normalized spacial score (nSPS) is 19.1. The fourth-order valence-corrected chi connectivity index (χ4v) is 3.67. The van der Waals surface area contributed by atoms with Crippen molar-refractivity contribution in [2.45, 2.75) is 65.0 Å². The van der Waals surface area contributed by atoms with E-state index in [4.69, 9.17) is 4.99 Å². The number of hydrogen-bond donors (Lipinski definition) is 2. The minimum atomic E-state index is -2.92. The van der Waals surface area contributed by atoms with Gasteiger partial charge in [0.25, 0.3) is 0 Å². The Bertz CT molecular complexity index is 497. The maximum Gasteiger partial charge on any atom is 0.191 e. The number of hydrogen-bond acceptors (Lipinski definition) is 4. The Morgan fingerprint density at radius 1 is 1.25 bits per heavy atom. The van der Waals surface area contributed by atoms with Crippen LogP contribution in [-0.2, 0) is 9.84 Å². The Labute approximate surface area is 148 Å². The first kappa shape index (κ1) is 21.2. The SMILES string of the molecule is CCNC(=NCC(C)(C)N1CCCCC1)NC(C)CCS(C)(=O)=O. The summed E-state index contributed by atoms with van der Waals surface area (Å²) in [7, 11) is -2.92. The third-order valence-corrected chi connectivity index (χ3v) is 5.46. The molecule has 1 aliphatic heterocycles. The molecule has 1 fully saturated rings. The van der Waals surface area contributed by atoms with Crippen LogP contribution >= 0.6 is 0 Å². The van der Waals surface area contributed by atoms with Crippen molar-refractivity contribution < 1.29 is 8.42 Å². The van der Waals surface area contributed by atoms with Gasteiger partial charge in [-0.2, -0.15) is 0 Å². The average Bonchev–Trinajstić information content (AvgIpc) is 2.51. The summed E-state index contributed by atoms with van der Waals surface area (Å²) >= 11 is 0. The Kier molecular flexibility index (Phi) is 8.50. The van der Waals surface area contributed by atoms with Crippen molar-refractivity contribution in [2.75, 3.05) is 38.2 Å². The molecule has 1 aliphatic rings. The molecule has 1 rings (SSSR count). The van der Waals surface area contributed by atoms with E-state index in [0.29, 0.717) is 6.42 Å². The molecule has 1 atom stereocenters. The summed E-state index contributed by atoms with van der Waals surface area (Å²) in [6, 6.07) is 0.0654. The maximum absolute atomic E-state index is 11.3. The van der Waals surface area contributed by atoms with Gasteiger partial charge in [0.05, 0.1) is 12.3 Å². The van der Waals surface area contributed by atoms with Gasteiger partial charge in [-0.05, 0) is 60.0 Å². The Morgan fingerprint density at radius 3 is 2.42 bits per heavy atom. The predicted octanol–water partition coefficient (Wildman–Crippen LogP) is 1.63. The van der Waals surface area contributed by atoms with Crippen LogP contribution in [0.5, 0.6) is 0 Å². The van der Waals surface area contributed by atoms with Gasteiger partial charge >= 0.3 is 0 Å². The first-order valence-corrected chi connectivity index (χ1v) is 11.2. The number of piperidine rings is 1. The Morgan fingerprint density at radius 2 is 1.88 bits per heavy atom. The van der Waals surface area contributed by atoms with Crippen LogP contribution < -0.4 is 10.6 Å². The number of nitrogens with zero attached hydrogens (tertiary/aromatic N) is 2. The van der Waals surface area contributed by atoms with Gasteiger partial charge in [-0.15, -0.1) is 0 Å². The van der Waals surface area contributed by atoms with Gasteiger partial charge < -0.3 is 10.6 Å². The van der Waals surface area contributed by atoms with E-state index in [1.807, 2.05) is 13.8 Å². The topological polar surface area (TPSA) is 73.8 Å². The molecule has 0 radical (unpaired) electrons. The fraction of sp³-hybridized carbons (Fsp3) is 0.941.